The highest BCUT2D eigenvalue weighted by Gasteiger charge is 2.46. The lowest BCUT2D eigenvalue weighted by atomic mass is 9.87. The molecule has 0 bridgehead atoms. The number of carbonyl (C=O) groups is 2. The van der Waals surface area contributed by atoms with Crippen LogP contribution in [0.15, 0.2) is 48.5 Å². The average Bonchev–Trinajstić information content (AvgIpc) is 3.39. The van der Waals surface area contributed by atoms with Gasteiger partial charge in [0.05, 0.1) is 18.1 Å². The molecule has 0 N–H and O–H groups in total. The van der Waals surface area contributed by atoms with Gasteiger partial charge in [-0.2, -0.15) is 0 Å². The van der Waals surface area contributed by atoms with Crippen molar-refractivity contribution in [2.24, 2.45) is 5.92 Å². The lowest BCUT2D eigenvalue weighted by Gasteiger charge is -2.35. The fraction of sp³-hybridized carbons (Fsp3) is 0.440. The third-order valence-corrected chi connectivity index (χ3v) is 6.81. The quantitative estimate of drug-likeness (QED) is 0.526. The maximum atomic E-state index is 14.2. The first kappa shape index (κ1) is 23.3. The highest BCUT2D eigenvalue weighted by molar-refractivity contribution is 6.69. The number of ether oxygens (including phenoxy) is 3. The Hall–Kier alpha value is -2.84. The molecule has 0 saturated carbocycles. The summed E-state index contributed by atoms with van der Waals surface area (Å²) in [5.41, 5.74) is 1.59. The van der Waals surface area contributed by atoms with Crippen LogP contribution in [0, 0.1) is 5.92 Å². The molecule has 0 spiro atoms. The van der Waals surface area contributed by atoms with Gasteiger partial charge in [-0.25, -0.2) is 9.69 Å². The summed E-state index contributed by atoms with van der Waals surface area (Å²) >= 11 is 0. The number of cyclic esters (lactones) is 1. The predicted octanol–water partition coefficient (Wildman–Crippen LogP) is 5.10. The Morgan fingerprint density at radius 1 is 1.00 bits per heavy atom. The molecule has 3 atom stereocenters. The van der Waals surface area contributed by atoms with Crippen LogP contribution in [0.5, 0.6) is 11.5 Å². The molecule has 33 heavy (non-hydrogen) atoms. The van der Waals surface area contributed by atoms with Crippen molar-refractivity contribution in [2.45, 2.75) is 51.6 Å². The van der Waals surface area contributed by atoms with Crippen LogP contribution in [-0.4, -0.2) is 44.7 Å². The summed E-state index contributed by atoms with van der Waals surface area (Å²) in [7, 11) is -2.10. The third-order valence-electron chi connectivity index (χ3n) is 5.85. The molecular weight excluding hydrogens is 438 g/mol. The van der Waals surface area contributed by atoms with Gasteiger partial charge in [-0.15, -0.1) is 0 Å². The zero-order valence-corrected chi connectivity index (χ0v) is 20.7. The van der Waals surface area contributed by atoms with Crippen molar-refractivity contribution in [1.29, 1.82) is 0 Å². The van der Waals surface area contributed by atoms with E-state index in [0.717, 1.165) is 5.56 Å². The van der Waals surface area contributed by atoms with Gasteiger partial charge in [-0.1, -0.05) is 50.2 Å². The van der Waals surface area contributed by atoms with E-state index in [1.807, 2.05) is 56.3 Å². The maximum absolute atomic E-state index is 14.2. The van der Waals surface area contributed by atoms with Crippen molar-refractivity contribution in [3.05, 3.63) is 59.7 Å². The molecule has 2 aromatic carbocycles. The van der Waals surface area contributed by atoms with Crippen molar-refractivity contribution in [1.82, 2.24) is 4.90 Å². The summed E-state index contributed by atoms with van der Waals surface area (Å²) in [5, 5.41) is 0. The fourth-order valence-corrected chi connectivity index (χ4v) is 5.27. The summed E-state index contributed by atoms with van der Waals surface area (Å²) in [6.45, 7) is 10.6. The number of amides is 2. The zero-order valence-electron chi connectivity index (χ0n) is 19.7. The molecule has 176 valence electrons. The third kappa shape index (κ3) is 4.91. The molecule has 7 nitrogen and oxygen atoms in total. The molecule has 2 aromatic rings. The van der Waals surface area contributed by atoms with Crippen LogP contribution in [0.4, 0.5) is 4.79 Å². The molecule has 2 aliphatic rings. The topological polar surface area (TPSA) is 74.3 Å². The van der Waals surface area contributed by atoms with Gasteiger partial charge in [-0.05, 0) is 48.8 Å². The van der Waals surface area contributed by atoms with E-state index < -0.39 is 26.4 Å². The summed E-state index contributed by atoms with van der Waals surface area (Å²) in [6, 6.07) is 14.8. The number of fused-ring (bicyclic) bond motifs is 1. The summed E-state index contributed by atoms with van der Waals surface area (Å²) in [4.78, 5) is 28.1. The lowest BCUT2D eigenvalue weighted by Crippen LogP contribution is -2.46. The van der Waals surface area contributed by atoms with Gasteiger partial charge in [0, 0.05) is 0 Å². The number of hydrogen-bond acceptors (Lipinski definition) is 6. The standard InChI is InChI=1S/C25H31NO6Si/c1-16(2)19-14-29-25(28)26(19)24(27)22(18-11-12-20-21(13-18)31-15-30-20)23(32-33(3,4)5)17-9-7-6-8-10-17/h6-13,16,19,22-23H,14-15H2,1-5H3/t19-,22+,23+/m1/s1. The Morgan fingerprint density at radius 2 is 1.70 bits per heavy atom. The largest absolute Gasteiger partial charge is 0.454 e. The normalized spacial score (nSPS) is 19.5. The van der Waals surface area contributed by atoms with Crippen LogP contribution >= 0.6 is 0 Å². The van der Waals surface area contributed by atoms with Crippen LogP contribution in [-0.2, 0) is 14.0 Å². The van der Waals surface area contributed by atoms with E-state index in [1.54, 1.807) is 6.07 Å². The van der Waals surface area contributed by atoms with Crippen molar-refractivity contribution in [2.75, 3.05) is 13.4 Å². The van der Waals surface area contributed by atoms with Gasteiger partial charge in [-0.3, -0.25) is 4.79 Å². The summed E-state index contributed by atoms with van der Waals surface area (Å²) < 4.78 is 23.0. The fourth-order valence-electron chi connectivity index (χ4n) is 4.24. The summed E-state index contributed by atoms with van der Waals surface area (Å²) in [6.07, 6.45) is -1.18. The molecule has 0 unspecified atom stereocenters. The second-order valence-corrected chi connectivity index (χ2v) is 14.2. The SMILES string of the molecule is CC(C)[C@H]1COC(=O)N1C(=O)[C@@H](c1ccc2c(c1)OCO2)[C@@H](O[Si](C)(C)C)c1ccccc1. The van der Waals surface area contributed by atoms with Crippen LogP contribution in [0.3, 0.4) is 0 Å². The molecule has 0 aliphatic carbocycles. The van der Waals surface area contributed by atoms with Gasteiger partial charge >= 0.3 is 6.09 Å². The number of imide groups is 1. The number of nitrogens with zero attached hydrogens (tertiary/aromatic N) is 1. The molecule has 0 radical (unpaired) electrons. The highest BCUT2D eigenvalue weighted by Crippen LogP contribution is 2.43. The van der Waals surface area contributed by atoms with Crippen LogP contribution < -0.4 is 9.47 Å². The van der Waals surface area contributed by atoms with Crippen LogP contribution in [0.2, 0.25) is 19.6 Å². The minimum absolute atomic E-state index is 0.0610. The zero-order chi connectivity index (χ0) is 23.8. The smallest absolute Gasteiger partial charge is 0.417 e. The molecule has 2 heterocycles. The Morgan fingerprint density at radius 3 is 2.36 bits per heavy atom. The van der Waals surface area contributed by atoms with E-state index in [1.165, 1.54) is 4.90 Å². The van der Waals surface area contributed by atoms with Gasteiger partial charge in [0.15, 0.2) is 19.8 Å². The van der Waals surface area contributed by atoms with Gasteiger partial charge < -0.3 is 18.6 Å². The van der Waals surface area contributed by atoms with Crippen molar-refractivity contribution < 1.29 is 28.2 Å². The molecule has 8 heteroatoms. The Bertz CT molecular complexity index is 1020. The second-order valence-electron chi connectivity index (χ2n) is 9.75. The van der Waals surface area contributed by atoms with Crippen molar-refractivity contribution in [3.63, 3.8) is 0 Å². The minimum Gasteiger partial charge on any atom is -0.454 e. The van der Waals surface area contributed by atoms with E-state index in [9.17, 15) is 9.59 Å². The van der Waals surface area contributed by atoms with E-state index >= 15 is 0 Å². The monoisotopic (exact) mass is 469 g/mol. The van der Waals surface area contributed by atoms with E-state index in [0.29, 0.717) is 17.1 Å². The maximum Gasteiger partial charge on any atom is 0.417 e. The predicted molar refractivity (Wildman–Crippen MR) is 126 cm³/mol. The second kappa shape index (κ2) is 9.19. The molecule has 2 amide bonds. The average molecular weight is 470 g/mol. The lowest BCUT2D eigenvalue weighted by molar-refractivity contribution is -0.133. The molecule has 2 aliphatic heterocycles. The van der Waals surface area contributed by atoms with Crippen molar-refractivity contribution in [3.8, 4) is 11.5 Å². The van der Waals surface area contributed by atoms with Crippen molar-refractivity contribution >= 4 is 20.3 Å². The first-order valence-electron chi connectivity index (χ1n) is 11.3. The Kier molecular flexibility index (Phi) is 6.49. The van der Waals surface area contributed by atoms with E-state index in [2.05, 4.69) is 19.6 Å². The van der Waals surface area contributed by atoms with Crippen LogP contribution in [0.25, 0.3) is 0 Å². The van der Waals surface area contributed by atoms with Gasteiger partial charge in [0.1, 0.15) is 6.61 Å². The minimum atomic E-state index is -2.10. The summed E-state index contributed by atoms with van der Waals surface area (Å²) in [5.74, 6) is 0.177. The molecular formula is C25H31NO6Si. The Balaban J connectivity index is 1.84. The first-order chi connectivity index (χ1) is 15.7. The molecule has 1 saturated heterocycles. The first-order valence-corrected chi connectivity index (χ1v) is 14.7. The molecule has 4 rings (SSSR count). The number of carbonyl (C=O) groups excluding carboxylic acids is 2. The van der Waals surface area contributed by atoms with E-state index in [-0.39, 0.29) is 31.3 Å². The van der Waals surface area contributed by atoms with E-state index in [4.69, 9.17) is 18.6 Å². The highest BCUT2D eigenvalue weighted by atomic mass is 28.4. The number of hydrogen-bond donors (Lipinski definition) is 0. The van der Waals surface area contributed by atoms with Gasteiger partial charge in [0.2, 0.25) is 12.7 Å². The number of rotatable bonds is 7. The van der Waals surface area contributed by atoms with Gasteiger partial charge in [0.25, 0.3) is 0 Å². The van der Waals surface area contributed by atoms with Crippen LogP contribution in [0.1, 0.15) is 37.0 Å². The number of benzene rings is 2. The molecule has 1 fully saturated rings. The Labute approximate surface area is 195 Å². The molecule has 0 aromatic heterocycles.